The Hall–Kier alpha value is -1.32. The zero-order valence-electron chi connectivity index (χ0n) is 13.5. The summed E-state index contributed by atoms with van der Waals surface area (Å²) in [5.41, 5.74) is 7.51. The minimum absolute atomic E-state index is 0.0543. The van der Waals surface area contributed by atoms with E-state index in [4.69, 9.17) is 10.5 Å². The number of ether oxygens (including phenoxy) is 1. The molecule has 2 unspecified atom stereocenters. The SMILES string of the molecule is Cc1ccc(C(Oc2cccc(C(C)(C)C)c2)C(C)N)s1. The van der Waals surface area contributed by atoms with Gasteiger partial charge in [-0.3, -0.25) is 0 Å². The van der Waals surface area contributed by atoms with Crippen LogP contribution in [-0.2, 0) is 5.41 Å². The average molecular weight is 303 g/mol. The van der Waals surface area contributed by atoms with Gasteiger partial charge in [0.2, 0.25) is 0 Å². The molecule has 3 heteroatoms. The molecule has 0 aliphatic rings. The second-order valence-corrected chi connectivity index (χ2v) is 7.94. The summed E-state index contributed by atoms with van der Waals surface area (Å²) in [6.45, 7) is 10.7. The monoisotopic (exact) mass is 303 g/mol. The topological polar surface area (TPSA) is 35.2 Å². The van der Waals surface area contributed by atoms with Crippen molar-refractivity contribution in [1.82, 2.24) is 0 Å². The van der Waals surface area contributed by atoms with Gasteiger partial charge >= 0.3 is 0 Å². The Balaban J connectivity index is 2.26. The Kier molecular flexibility index (Phi) is 4.74. The first-order valence-corrected chi connectivity index (χ1v) is 8.18. The third-order valence-corrected chi connectivity index (χ3v) is 4.54. The van der Waals surface area contributed by atoms with Gasteiger partial charge in [-0.25, -0.2) is 0 Å². The van der Waals surface area contributed by atoms with Crippen LogP contribution in [0.5, 0.6) is 5.75 Å². The lowest BCUT2D eigenvalue weighted by molar-refractivity contribution is 0.184. The van der Waals surface area contributed by atoms with Crippen LogP contribution in [0.4, 0.5) is 0 Å². The van der Waals surface area contributed by atoms with Crippen molar-refractivity contribution in [2.24, 2.45) is 5.73 Å². The molecule has 2 aromatic rings. The molecule has 0 radical (unpaired) electrons. The maximum absolute atomic E-state index is 6.20. The average Bonchev–Trinajstić information content (AvgIpc) is 2.81. The zero-order valence-corrected chi connectivity index (χ0v) is 14.3. The van der Waals surface area contributed by atoms with Gasteiger partial charge in [-0.2, -0.15) is 0 Å². The number of aryl methyl sites for hydroxylation is 1. The molecule has 2 rings (SSSR count). The molecule has 0 spiro atoms. The summed E-state index contributed by atoms with van der Waals surface area (Å²) in [6.07, 6.45) is -0.0982. The normalized spacial score (nSPS) is 14.8. The lowest BCUT2D eigenvalue weighted by Gasteiger charge is -2.24. The highest BCUT2D eigenvalue weighted by molar-refractivity contribution is 7.12. The molecule has 0 amide bonds. The first kappa shape index (κ1) is 16.1. The van der Waals surface area contributed by atoms with Gasteiger partial charge in [0.1, 0.15) is 11.9 Å². The minimum atomic E-state index is -0.0982. The molecular weight excluding hydrogens is 278 g/mol. The van der Waals surface area contributed by atoms with Crippen molar-refractivity contribution in [1.29, 1.82) is 0 Å². The van der Waals surface area contributed by atoms with Crippen molar-refractivity contribution >= 4 is 11.3 Å². The van der Waals surface area contributed by atoms with Crippen LogP contribution >= 0.6 is 11.3 Å². The third-order valence-electron chi connectivity index (χ3n) is 3.48. The fourth-order valence-electron chi connectivity index (χ4n) is 2.21. The Morgan fingerprint density at radius 1 is 1.14 bits per heavy atom. The number of hydrogen-bond donors (Lipinski definition) is 1. The van der Waals surface area contributed by atoms with Crippen molar-refractivity contribution in [2.45, 2.75) is 52.2 Å². The van der Waals surface area contributed by atoms with Gasteiger partial charge in [-0.15, -0.1) is 11.3 Å². The third kappa shape index (κ3) is 4.08. The van der Waals surface area contributed by atoms with Crippen LogP contribution in [0.15, 0.2) is 36.4 Å². The first-order valence-electron chi connectivity index (χ1n) is 7.36. The van der Waals surface area contributed by atoms with Crippen LogP contribution in [0.1, 0.15) is 49.1 Å². The second-order valence-electron chi connectivity index (χ2n) is 6.62. The van der Waals surface area contributed by atoms with Gasteiger partial charge in [0.05, 0.1) is 0 Å². The zero-order chi connectivity index (χ0) is 15.6. The molecule has 2 N–H and O–H groups in total. The standard InChI is InChI=1S/C18H25NOS/c1-12-9-10-16(21-12)17(13(2)19)20-15-8-6-7-14(11-15)18(3,4)5/h6-11,13,17H,19H2,1-5H3. The van der Waals surface area contributed by atoms with Gasteiger partial charge in [0.25, 0.3) is 0 Å². The second kappa shape index (κ2) is 6.20. The van der Waals surface area contributed by atoms with E-state index in [0.29, 0.717) is 0 Å². The Bertz CT molecular complexity index is 595. The maximum atomic E-state index is 6.20. The summed E-state index contributed by atoms with van der Waals surface area (Å²) in [5.74, 6) is 0.885. The van der Waals surface area contributed by atoms with E-state index in [1.54, 1.807) is 11.3 Å². The highest BCUT2D eigenvalue weighted by atomic mass is 32.1. The smallest absolute Gasteiger partial charge is 0.148 e. The van der Waals surface area contributed by atoms with Crippen LogP contribution in [0.2, 0.25) is 0 Å². The van der Waals surface area contributed by atoms with Crippen LogP contribution in [-0.4, -0.2) is 6.04 Å². The van der Waals surface area contributed by atoms with E-state index in [2.05, 4.69) is 52.0 Å². The van der Waals surface area contributed by atoms with Gasteiger partial charge in [0, 0.05) is 15.8 Å². The van der Waals surface area contributed by atoms with Gasteiger partial charge in [-0.05, 0) is 49.1 Å². The molecule has 1 heterocycles. The number of thiophene rings is 1. The lowest BCUT2D eigenvalue weighted by Crippen LogP contribution is -2.28. The highest BCUT2D eigenvalue weighted by Crippen LogP contribution is 2.31. The molecule has 1 aromatic heterocycles. The highest BCUT2D eigenvalue weighted by Gasteiger charge is 2.21. The summed E-state index contributed by atoms with van der Waals surface area (Å²) in [5, 5.41) is 0. The van der Waals surface area contributed by atoms with E-state index in [1.165, 1.54) is 15.3 Å². The fourth-order valence-corrected chi connectivity index (χ4v) is 3.24. The van der Waals surface area contributed by atoms with Gasteiger partial charge in [0.15, 0.2) is 0 Å². The predicted octanol–water partition coefficient (Wildman–Crippen LogP) is 4.82. The van der Waals surface area contributed by atoms with Crippen molar-refractivity contribution < 1.29 is 4.74 Å². The van der Waals surface area contributed by atoms with Crippen molar-refractivity contribution in [3.8, 4) is 5.75 Å². The van der Waals surface area contributed by atoms with E-state index in [1.807, 2.05) is 19.1 Å². The number of hydrogen-bond acceptors (Lipinski definition) is 3. The van der Waals surface area contributed by atoms with E-state index < -0.39 is 0 Å². The van der Waals surface area contributed by atoms with Crippen molar-refractivity contribution in [3.63, 3.8) is 0 Å². The lowest BCUT2D eigenvalue weighted by atomic mass is 9.87. The molecule has 0 saturated carbocycles. The predicted molar refractivity (Wildman–Crippen MR) is 91.2 cm³/mol. The summed E-state index contributed by atoms with van der Waals surface area (Å²) in [4.78, 5) is 2.46. The van der Waals surface area contributed by atoms with E-state index >= 15 is 0 Å². The Morgan fingerprint density at radius 2 is 1.86 bits per heavy atom. The van der Waals surface area contributed by atoms with E-state index in [9.17, 15) is 0 Å². The number of nitrogens with two attached hydrogens (primary N) is 1. The molecule has 1 aromatic carbocycles. The summed E-state index contributed by atoms with van der Waals surface area (Å²) >= 11 is 1.75. The fraction of sp³-hybridized carbons (Fsp3) is 0.444. The number of benzene rings is 1. The van der Waals surface area contributed by atoms with Crippen molar-refractivity contribution in [2.75, 3.05) is 0 Å². The van der Waals surface area contributed by atoms with Gasteiger partial charge < -0.3 is 10.5 Å². The minimum Gasteiger partial charge on any atom is -0.483 e. The summed E-state index contributed by atoms with van der Waals surface area (Å²) in [7, 11) is 0. The molecule has 0 bridgehead atoms. The number of rotatable bonds is 4. The van der Waals surface area contributed by atoms with E-state index in [-0.39, 0.29) is 17.6 Å². The van der Waals surface area contributed by atoms with E-state index in [0.717, 1.165) is 5.75 Å². The molecule has 2 nitrogen and oxygen atoms in total. The molecule has 114 valence electrons. The molecule has 2 atom stereocenters. The largest absolute Gasteiger partial charge is 0.483 e. The molecule has 0 fully saturated rings. The summed E-state index contributed by atoms with van der Waals surface area (Å²) in [6, 6.07) is 12.5. The van der Waals surface area contributed by atoms with Crippen LogP contribution in [0, 0.1) is 6.92 Å². The van der Waals surface area contributed by atoms with Gasteiger partial charge in [-0.1, -0.05) is 32.9 Å². The van der Waals surface area contributed by atoms with Crippen LogP contribution in [0.3, 0.4) is 0 Å². The van der Waals surface area contributed by atoms with Crippen molar-refractivity contribution in [3.05, 3.63) is 51.7 Å². The molecule has 0 aliphatic carbocycles. The molecule has 21 heavy (non-hydrogen) atoms. The molecule has 0 saturated heterocycles. The first-order chi connectivity index (χ1) is 9.77. The van der Waals surface area contributed by atoms with Crippen LogP contribution in [0.25, 0.3) is 0 Å². The Labute approximate surface area is 132 Å². The quantitative estimate of drug-likeness (QED) is 0.878. The molecule has 0 aliphatic heterocycles. The van der Waals surface area contributed by atoms with Crippen LogP contribution < -0.4 is 10.5 Å². The Morgan fingerprint density at radius 3 is 2.38 bits per heavy atom. The maximum Gasteiger partial charge on any atom is 0.148 e. The summed E-state index contributed by atoms with van der Waals surface area (Å²) < 4.78 is 6.20. The molecular formula is C18H25NOS.